The molecule has 0 aliphatic heterocycles. The molecule has 0 radical (unpaired) electrons. The number of nitrogen functional groups attached to an aromatic ring is 1. The number of nitrogens with two attached hydrogens (primary N) is 1. The number of imidazole rings is 1. The first-order valence-corrected chi connectivity index (χ1v) is 6.09. The predicted octanol–water partition coefficient (Wildman–Crippen LogP) is 0.465. The normalized spacial score (nSPS) is 10.3. The molecule has 0 atom stereocenters. The minimum atomic E-state index is -0.227. The van der Waals surface area contributed by atoms with Gasteiger partial charge < -0.3 is 15.6 Å². The Morgan fingerprint density at radius 1 is 1.32 bits per heavy atom. The number of hydrogen-bond acceptors (Lipinski definition) is 5. The molecule has 0 aliphatic carbocycles. The first-order chi connectivity index (χ1) is 9.25. The third kappa shape index (κ3) is 4.06. The number of amides is 1. The van der Waals surface area contributed by atoms with Crippen LogP contribution < -0.4 is 11.1 Å². The van der Waals surface area contributed by atoms with E-state index < -0.39 is 0 Å². The number of carbonyl (C=O) groups is 1. The van der Waals surface area contributed by atoms with Gasteiger partial charge in [0, 0.05) is 25.5 Å². The highest BCUT2D eigenvalue weighted by atomic mass is 16.1. The molecule has 0 saturated heterocycles. The first kappa shape index (κ1) is 13.0. The van der Waals surface area contributed by atoms with Crippen LogP contribution in [0.3, 0.4) is 0 Å². The lowest BCUT2D eigenvalue weighted by atomic mass is 10.3. The number of aryl methyl sites for hydroxylation is 1. The molecule has 2 rings (SSSR count). The Bertz CT molecular complexity index is 508. The van der Waals surface area contributed by atoms with Crippen LogP contribution >= 0.6 is 0 Å². The van der Waals surface area contributed by atoms with Crippen molar-refractivity contribution in [2.75, 3.05) is 12.3 Å². The standard InChI is InChI=1S/C12H16N6O/c13-11-4-3-10(16-17-11)12(19)15-5-1-2-7-18-8-6-14-9-18/h3-4,6,8-9H,1-2,5,7H2,(H2,13,17)(H,15,19). The van der Waals surface area contributed by atoms with E-state index in [-0.39, 0.29) is 11.6 Å². The number of carbonyl (C=O) groups excluding carboxylic acids is 1. The van der Waals surface area contributed by atoms with Crippen LogP contribution in [0.1, 0.15) is 23.3 Å². The summed E-state index contributed by atoms with van der Waals surface area (Å²) in [6.07, 6.45) is 7.32. The van der Waals surface area contributed by atoms with Crippen LogP contribution in [-0.2, 0) is 6.54 Å². The van der Waals surface area contributed by atoms with E-state index in [2.05, 4.69) is 20.5 Å². The molecule has 3 N–H and O–H groups in total. The van der Waals surface area contributed by atoms with Gasteiger partial charge in [-0.1, -0.05) is 0 Å². The van der Waals surface area contributed by atoms with Gasteiger partial charge in [-0.05, 0) is 25.0 Å². The van der Waals surface area contributed by atoms with E-state index in [0.717, 1.165) is 19.4 Å². The monoisotopic (exact) mass is 260 g/mol. The molecule has 7 heteroatoms. The summed E-state index contributed by atoms with van der Waals surface area (Å²) in [5.74, 6) is 0.0759. The average molecular weight is 260 g/mol. The van der Waals surface area contributed by atoms with Gasteiger partial charge in [-0.3, -0.25) is 4.79 Å². The molecule has 0 aromatic carbocycles. The summed E-state index contributed by atoms with van der Waals surface area (Å²) in [6.45, 7) is 1.51. The number of nitrogens with one attached hydrogen (secondary N) is 1. The maximum atomic E-state index is 11.7. The van der Waals surface area contributed by atoms with Crippen LogP contribution in [0.25, 0.3) is 0 Å². The van der Waals surface area contributed by atoms with Crippen LogP contribution in [0, 0.1) is 0 Å². The summed E-state index contributed by atoms with van der Waals surface area (Å²) in [4.78, 5) is 15.6. The van der Waals surface area contributed by atoms with Crippen molar-refractivity contribution >= 4 is 11.7 Å². The lowest BCUT2D eigenvalue weighted by molar-refractivity contribution is 0.0947. The van der Waals surface area contributed by atoms with Crippen molar-refractivity contribution in [1.82, 2.24) is 25.1 Å². The highest BCUT2D eigenvalue weighted by Gasteiger charge is 2.06. The molecular formula is C12H16N6O. The zero-order valence-electron chi connectivity index (χ0n) is 10.5. The molecule has 0 aliphatic rings. The molecule has 0 saturated carbocycles. The Hall–Kier alpha value is -2.44. The molecule has 7 nitrogen and oxygen atoms in total. The van der Waals surface area contributed by atoms with Gasteiger partial charge in [0.15, 0.2) is 5.69 Å². The molecule has 19 heavy (non-hydrogen) atoms. The smallest absolute Gasteiger partial charge is 0.271 e. The minimum Gasteiger partial charge on any atom is -0.382 e. The molecule has 100 valence electrons. The fourth-order valence-corrected chi connectivity index (χ4v) is 1.59. The van der Waals surface area contributed by atoms with Gasteiger partial charge in [0.05, 0.1) is 6.33 Å². The Labute approximate surface area is 110 Å². The van der Waals surface area contributed by atoms with Crippen LogP contribution in [-0.4, -0.2) is 32.2 Å². The summed E-state index contributed by atoms with van der Waals surface area (Å²) in [5, 5.41) is 10.1. The van der Waals surface area contributed by atoms with Crippen molar-refractivity contribution in [2.24, 2.45) is 0 Å². The molecule has 0 fully saturated rings. The van der Waals surface area contributed by atoms with Crippen molar-refractivity contribution in [3.63, 3.8) is 0 Å². The summed E-state index contributed by atoms with van der Waals surface area (Å²) in [6, 6.07) is 3.12. The van der Waals surface area contributed by atoms with E-state index >= 15 is 0 Å². The zero-order chi connectivity index (χ0) is 13.5. The summed E-state index contributed by atoms with van der Waals surface area (Å²) in [7, 11) is 0. The van der Waals surface area contributed by atoms with E-state index in [9.17, 15) is 4.79 Å². The fourth-order valence-electron chi connectivity index (χ4n) is 1.59. The largest absolute Gasteiger partial charge is 0.382 e. The number of anilines is 1. The molecule has 2 aromatic heterocycles. The van der Waals surface area contributed by atoms with Crippen molar-refractivity contribution in [2.45, 2.75) is 19.4 Å². The highest BCUT2D eigenvalue weighted by Crippen LogP contribution is 1.98. The molecule has 0 unspecified atom stereocenters. The third-order valence-corrected chi connectivity index (χ3v) is 2.61. The lowest BCUT2D eigenvalue weighted by Crippen LogP contribution is -2.25. The van der Waals surface area contributed by atoms with Gasteiger partial charge >= 0.3 is 0 Å². The van der Waals surface area contributed by atoms with E-state index in [1.165, 1.54) is 0 Å². The Morgan fingerprint density at radius 2 is 2.21 bits per heavy atom. The summed E-state index contributed by atoms with van der Waals surface area (Å²) >= 11 is 0. The van der Waals surface area contributed by atoms with Gasteiger partial charge in [0.2, 0.25) is 0 Å². The van der Waals surface area contributed by atoms with E-state index in [1.54, 1.807) is 24.7 Å². The van der Waals surface area contributed by atoms with Crippen LogP contribution in [0.5, 0.6) is 0 Å². The number of nitrogens with zero attached hydrogens (tertiary/aromatic N) is 4. The first-order valence-electron chi connectivity index (χ1n) is 6.09. The quantitative estimate of drug-likeness (QED) is 0.735. The topological polar surface area (TPSA) is 98.7 Å². The predicted molar refractivity (Wildman–Crippen MR) is 70.2 cm³/mol. The maximum absolute atomic E-state index is 11.7. The van der Waals surface area contributed by atoms with Crippen molar-refractivity contribution in [3.05, 3.63) is 36.5 Å². The van der Waals surface area contributed by atoms with E-state index in [1.807, 2.05) is 10.8 Å². The van der Waals surface area contributed by atoms with Crippen molar-refractivity contribution in [3.8, 4) is 0 Å². The number of aromatic nitrogens is 4. The lowest BCUT2D eigenvalue weighted by Gasteiger charge is -2.05. The minimum absolute atomic E-state index is 0.227. The second-order valence-electron chi connectivity index (χ2n) is 4.11. The molecular weight excluding hydrogens is 244 g/mol. The highest BCUT2D eigenvalue weighted by molar-refractivity contribution is 5.92. The van der Waals surface area contributed by atoms with Gasteiger partial charge in [0.25, 0.3) is 5.91 Å². The Kier molecular flexibility index (Phi) is 4.44. The van der Waals surface area contributed by atoms with Gasteiger partial charge in [-0.15, -0.1) is 10.2 Å². The number of hydrogen-bond donors (Lipinski definition) is 2. The molecule has 0 bridgehead atoms. The van der Waals surface area contributed by atoms with Crippen molar-refractivity contribution < 1.29 is 4.79 Å². The van der Waals surface area contributed by atoms with Crippen LogP contribution in [0.4, 0.5) is 5.82 Å². The molecule has 1 amide bonds. The van der Waals surface area contributed by atoms with Gasteiger partial charge in [0.1, 0.15) is 5.82 Å². The zero-order valence-corrected chi connectivity index (χ0v) is 10.5. The molecule has 2 heterocycles. The van der Waals surface area contributed by atoms with Gasteiger partial charge in [-0.25, -0.2) is 4.98 Å². The number of rotatable bonds is 6. The van der Waals surface area contributed by atoms with Crippen LogP contribution in [0.2, 0.25) is 0 Å². The Balaban J connectivity index is 1.65. The SMILES string of the molecule is Nc1ccc(C(=O)NCCCCn2ccnc2)nn1. The fraction of sp³-hybridized carbons (Fsp3) is 0.333. The third-order valence-electron chi connectivity index (χ3n) is 2.61. The van der Waals surface area contributed by atoms with E-state index in [0.29, 0.717) is 12.4 Å². The summed E-state index contributed by atoms with van der Waals surface area (Å²) in [5.41, 5.74) is 5.68. The second-order valence-corrected chi connectivity index (χ2v) is 4.11. The summed E-state index contributed by atoms with van der Waals surface area (Å²) < 4.78 is 2.01. The maximum Gasteiger partial charge on any atom is 0.271 e. The number of unbranched alkanes of at least 4 members (excludes halogenated alkanes) is 1. The molecule has 0 spiro atoms. The van der Waals surface area contributed by atoms with Gasteiger partial charge in [-0.2, -0.15) is 0 Å². The van der Waals surface area contributed by atoms with Crippen LogP contribution in [0.15, 0.2) is 30.9 Å². The van der Waals surface area contributed by atoms with E-state index in [4.69, 9.17) is 5.73 Å². The Morgan fingerprint density at radius 3 is 2.89 bits per heavy atom. The second kappa shape index (κ2) is 6.48. The van der Waals surface area contributed by atoms with Crippen molar-refractivity contribution in [1.29, 1.82) is 0 Å². The molecule has 2 aromatic rings. The average Bonchev–Trinajstić information content (AvgIpc) is 2.92.